The summed E-state index contributed by atoms with van der Waals surface area (Å²) in [7, 11) is 0. The first-order valence-corrected chi connectivity index (χ1v) is 9.20. The van der Waals surface area contributed by atoms with Gasteiger partial charge in [-0.25, -0.2) is 5.01 Å². The van der Waals surface area contributed by atoms with Crippen LogP contribution in [0, 0.1) is 6.92 Å². The van der Waals surface area contributed by atoms with Gasteiger partial charge in [0.05, 0.1) is 5.54 Å². The molecule has 25 heavy (non-hydrogen) atoms. The second-order valence-electron chi connectivity index (χ2n) is 7.80. The highest BCUT2D eigenvalue weighted by Crippen LogP contribution is 2.22. The summed E-state index contributed by atoms with van der Waals surface area (Å²) in [6.45, 7) is 7.75. The highest BCUT2D eigenvalue weighted by atomic mass is 16.2. The second kappa shape index (κ2) is 8.32. The predicted molar refractivity (Wildman–Crippen MR) is 101 cm³/mol. The fourth-order valence-electron chi connectivity index (χ4n) is 3.01. The summed E-state index contributed by atoms with van der Waals surface area (Å²) in [6, 6.07) is 7.39. The lowest BCUT2D eigenvalue weighted by Gasteiger charge is -2.36. The number of benzene rings is 1. The lowest BCUT2D eigenvalue weighted by atomic mass is 9.98. The summed E-state index contributed by atoms with van der Waals surface area (Å²) < 4.78 is 0. The average molecular weight is 342 g/mol. The van der Waals surface area contributed by atoms with Crippen LogP contribution < -0.4 is 5.43 Å². The molecule has 1 aromatic rings. The molecule has 0 aliphatic heterocycles. The maximum Gasteiger partial charge on any atom is 0.269 e. The van der Waals surface area contributed by atoms with E-state index >= 15 is 0 Å². The van der Waals surface area contributed by atoms with Crippen molar-refractivity contribution in [3.63, 3.8) is 0 Å². The van der Waals surface area contributed by atoms with Gasteiger partial charge in [0, 0.05) is 11.1 Å². The van der Waals surface area contributed by atoms with Gasteiger partial charge >= 0.3 is 0 Å². The first-order valence-electron chi connectivity index (χ1n) is 9.20. The van der Waals surface area contributed by atoms with E-state index in [4.69, 9.17) is 0 Å². The zero-order valence-electron chi connectivity index (χ0n) is 15.9. The van der Waals surface area contributed by atoms with E-state index in [9.17, 15) is 9.59 Å². The number of carbonyl (C=O) groups is 2. The van der Waals surface area contributed by atoms with Gasteiger partial charge in [-0.05, 0) is 65.5 Å². The summed E-state index contributed by atoms with van der Waals surface area (Å²) in [4.78, 5) is 25.7. The van der Waals surface area contributed by atoms with E-state index in [1.54, 1.807) is 6.07 Å². The highest BCUT2D eigenvalue weighted by Gasteiger charge is 2.30. The smallest absolute Gasteiger partial charge is 0.268 e. The van der Waals surface area contributed by atoms with E-state index in [-0.39, 0.29) is 11.8 Å². The first kappa shape index (κ1) is 19.2. The number of nitrogens with one attached hydrogen (secondary N) is 1. The average Bonchev–Trinajstić information content (AvgIpc) is 2.50. The Morgan fingerprint density at radius 2 is 1.80 bits per heavy atom. The van der Waals surface area contributed by atoms with Crippen LogP contribution in [0.1, 0.15) is 75.2 Å². The van der Waals surface area contributed by atoms with E-state index in [2.05, 4.69) is 11.5 Å². The monoisotopic (exact) mass is 342 g/mol. The van der Waals surface area contributed by atoms with Crippen molar-refractivity contribution in [1.29, 1.82) is 0 Å². The molecular formula is C21H30N2O2. The predicted octanol–water partition coefficient (Wildman–Crippen LogP) is 4.55. The van der Waals surface area contributed by atoms with Crippen molar-refractivity contribution in [3.8, 4) is 0 Å². The van der Waals surface area contributed by atoms with Gasteiger partial charge in [0.2, 0.25) is 0 Å². The molecule has 4 heteroatoms. The molecule has 0 spiro atoms. The number of allylic oxidation sites excluding steroid dienone is 1. The molecule has 0 heterocycles. The Balaban J connectivity index is 2.21. The Kier molecular flexibility index (Phi) is 6.40. The molecule has 0 fully saturated rings. The van der Waals surface area contributed by atoms with Crippen molar-refractivity contribution < 1.29 is 9.59 Å². The number of aryl methyl sites for hydroxylation is 1. The molecule has 1 aromatic carbocycles. The molecule has 0 saturated carbocycles. The fraction of sp³-hybridized carbons (Fsp3) is 0.524. The Bertz CT molecular complexity index is 656. The van der Waals surface area contributed by atoms with Gasteiger partial charge in [-0.2, -0.15) is 0 Å². The zero-order chi connectivity index (χ0) is 18.4. The van der Waals surface area contributed by atoms with Crippen LogP contribution in [-0.4, -0.2) is 22.4 Å². The van der Waals surface area contributed by atoms with Crippen LogP contribution in [0.4, 0.5) is 0 Å². The molecule has 136 valence electrons. The Labute approximate surface area is 151 Å². The number of amides is 2. The fourth-order valence-corrected chi connectivity index (χ4v) is 3.01. The Morgan fingerprint density at radius 1 is 1.08 bits per heavy atom. The molecule has 1 aliphatic rings. The lowest BCUT2D eigenvalue weighted by molar-refractivity contribution is -0.135. The molecule has 0 unspecified atom stereocenters. The van der Waals surface area contributed by atoms with Crippen LogP contribution in [0.5, 0.6) is 0 Å². The van der Waals surface area contributed by atoms with Crippen LogP contribution in [0.25, 0.3) is 0 Å². The van der Waals surface area contributed by atoms with Gasteiger partial charge in [0.25, 0.3) is 11.8 Å². The molecule has 4 nitrogen and oxygen atoms in total. The maximum absolute atomic E-state index is 13.1. The minimum Gasteiger partial charge on any atom is -0.268 e. The van der Waals surface area contributed by atoms with E-state index in [1.165, 1.54) is 11.4 Å². The Morgan fingerprint density at radius 3 is 2.48 bits per heavy atom. The standard InChI is InChI=1S/C21H30N2O2/c1-16-11-10-14-18(15-16)19(24)22-23(21(2,3)4)20(25)17-12-8-6-5-7-9-13-17/h10-12,14-15H,5-9,13H2,1-4H3,(H,22,24)/b17-12+. The van der Waals surface area contributed by atoms with Crippen LogP contribution in [0.2, 0.25) is 0 Å². The molecule has 1 N–H and O–H groups in total. The van der Waals surface area contributed by atoms with Crippen LogP contribution >= 0.6 is 0 Å². The van der Waals surface area contributed by atoms with Crippen LogP contribution in [-0.2, 0) is 4.79 Å². The van der Waals surface area contributed by atoms with Crippen molar-refractivity contribution in [2.24, 2.45) is 0 Å². The highest BCUT2D eigenvalue weighted by molar-refractivity contribution is 5.99. The molecule has 2 rings (SSSR count). The van der Waals surface area contributed by atoms with Crippen molar-refractivity contribution in [3.05, 3.63) is 47.0 Å². The largest absolute Gasteiger partial charge is 0.269 e. The van der Waals surface area contributed by atoms with E-state index in [0.29, 0.717) is 5.56 Å². The summed E-state index contributed by atoms with van der Waals surface area (Å²) in [5.41, 5.74) is 4.74. The molecule has 0 aromatic heterocycles. The molecule has 0 bridgehead atoms. The lowest BCUT2D eigenvalue weighted by Crippen LogP contribution is -2.56. The zero-order valence-corrected chi connectivity index (χ0v) is 15.9. The number of hydrazine groups is 1. The normalized spacial score (nSPS) is 17.7. The van der Waals surface area contributed by atoms with Crippen molar-refractivity contribution in [2.75, 3.05) is 0 Å². The number of hydrogen-bond acceptors (Lipinski definition) is 2. The maximum atomic E-state index is 13.1. The number of nitrogens with zero attached hydrogens (tertiary/aromatic N) is 1. The molecule has 1 aliphatic carbocycles. The van der Waals surface area contributed by atoms with Gasteiger partial charge in [0.15, 0.2) is 0 Å². The van der Waals surface area contributed by atoms with Crippen molar-refractivity contribution in [2.45, 2.75) is 71.8 Å². The van der Waals surface area contributed by atoms with Gasteiger partial charge in [-0.15, -0.1) is 0 Å². The Hall–Kier alpha value is -2.10. The number of hydrogen-bond donors (Lipinski definition) is 1. The number of carbonyl (C=O) groups excluding carboxylic acids is 2. The topological polar surface area (TPSA) is 49.4 Å². The molecule has 0 saturated heterocycles. The molecular weight excluding hydrogens is 312 g/mol. The minimum atomic E-state index is -0.500. The van der Waals surface area contributed by atoms with Crippen molar-refractivity contribution >= 4 is 11.8 Å². The van der Waals surface area contributed by atoms with Crippen LogP contribution in [0.3, 0.4) is 0 Å². The molecule has 0 atom stereocenters. The molecule has 0 radical (unpaired) electrons. The van der Waals surface area contributed by atoms with E-state index < -0.39 is 5.54 Å². The quantitative estimate of drug-likeness (QED) is 0.802. The SMILES string of the molecule is Cc1cccc(C(=O)NN(C(=O)/C2=C/CCCCCC2)C(C)(C)C)c1. The van der Waals surface area contributed by atoms with Gasteiger partial charge in [0.1, 0.15) is 0 Å². The molecule has 2 amide bonds. The van der Waals surface area contributed by atoms with Gasteiger partial charge in [-0.1, -0.05) is 36.6 Å². The summed E-state index contributed by atoms with van der Waals surface area (Å²) in [5, 5.41) is 1.49. The van der Waals surface area contributed by atoms with Gasteiger partial charge in [-0.3, -0.25) is 15.0 Å². The minimum absolute atomic E-state index is 0.0876. The summed E-state index contributed by atoms with van der Waals surface area (Å²) >= 11 is 0. The first-order chi connectivity index (χ1) is 11.8. The van der Waals surface area contributed by atoms with Crippen molar-refractivity contribution in [1.82, 2.24) is 10.4 Å². The third-order valence-electron chi connectivity index (χ3n) is 4.43. The summed E-state index contributed by atoms with van der Waals surface area (Å²) in [5.74, 6) is -0.339. The summed E-state index contributed by atoms with van der Waals surface area (Å²) in [6.07, 6.45) is 8.32. The van der Waals surface area contributed by atoms with E-state index in [1.807, 2.05) is 45.9 Å². The van der Waals surface area contributed by atoms with Crippen LogP contribution in [0.15, 0.2) is 35.9 Å². The third-order valence-corrected chi connectivity index (χ3v) is 4.43. The van der Waals surface area contributed by atoms with Gasteiger partial charge < -0.3 is 0 Å². The van der Waals surface area contributed by atoms with E-state index in [0.717, 1.165) is 43.2 Å². The third kappa shape index (κ3) is 5.45. The second-order valence-corrected chi connectivity index (χ2v) is 7.80. The number of rotatable bonds is 2.